The van der Waals surface area contributed by atoms with Crippen molar-refractivity contribution in [3.8, 4) is 16.3 Å². The Bertz CT molecular complexity index is 1820. The number of thiazole rings is 1. The fourth-order valence-corrected chi connectivity index (χ4v) is 6.58. The van der Waals surface area contributed by atoms with Gasteiger partial charge in [0.2, 0.25) is 0 Å². The molecule has 0 saturated heterocycles. The molecule has 12 heteroatoms. The number of aromatic nitrogens is 3. The van der Waals surface area contributed by atoms with E-state index in [1.54, 1.807) is 30.5 Å². The zero-order chi connectivity index (χ0) is 29.7. The summed E-state index contributed by atoms with van der Waals surface area (Å²) in [5.41, 5.74) is 3.01. The standard InChI is InChI=1S/C30H29ClFN5O3S2/c1-3-11-33-26(17-42(2,38)39)28-15-34-30(41-28)20-7-9-25-23(13-20)29(36-18-35-25)37-22-8-10-27(24(31)14-22)40-16-19-5-4-6-21(32)12-19/h4-10,12-15,18,26,33H,3,11,16-17H2,1-2H3,(H,35,36,37)/t26-/m0/s1. The molecule has 218 valence electrons. The Morgan fingerprint density at radius 1 is 1.07 bits per heavy atom. The van der Waals surface area contributed by atoms with Crippen LogP contribution < -0.4 is 15.4 Å². The van der Waals surface area contributed by atoms with Gasteiger partial charge in [-0.3, -0.25) is 0 Å². The maximum absolute atomic E-state index is 13.5. The summed E-state index contributed by atoms with van der Waals surface area (Å²) in [7, 11) is -3.18. The summed E-state index contributed by atoms with van der Waals surface area (Å²) in [5, 5.41) is 8.58. The van der Waals surface area contributed by atoms with Gasteiger partial charge < -0.3 is 15.4 Å². The van der Waals surface area contributed by atoms with E-state index < -0.39 is 9.84 Å². The van der Waals surface area contributed by atoms with E-state index in [4.69, 9.17) is 16.3 Å². The molecule has 8 nitrogen and oxygen atoms in total. The van der Waals surface area contributed by atoms with Gasteiger partial charge in [0.15, 0.2) is 0 Å². The van der Waals surface area contributed by atoms with Crippen LogP contribution in [0.15, 0.2) is 73.2 Å². The van der Waals surface area contributed by atoms with Crippen molar-refractivity contribution >= 4 is 55.2 Å². The molecule has 2 N–H and O–H groups in total. The lowest BCUT2D eigenvalue weighted by Gasteiger charge is -2.15. The number of rotatable bonds is 12. The van der Waals surface area contributed by atoms with Crippen LogP contribution in [0.1, 0.15) is 29.8 Å². The molecule has 5 aromatic rings. The average molecular weight is 626 g/mol. The van der Waals surface area contributed by atoms with E-state index in [0.717, 1.165) is 32.8 Å². The second-order valence-corrected chi connectivity index (χ2v) is 13.5. The van der Waals surface area contributed by atoms with E-state index in [1.807, 2.05) is 31.2 Å². The van der Waals surface area contributed by atoms with Gasteiger partial charge in [-0.15, -0.1) is 11.3 Å². The van der Waals surface area contributed by atoms with Crippen LogP contribution in [0.5, 0.6) is 5.75 Å². The number of hydrogen-bond donors (Lipinski definition) is 2. The molecule has 0 bridgehead atoms. The first-order valence-corrected chi connectivity index (χ1v) is 16.5. The summed E-state index contributed by atoms with van der Waals surface area (Å²) < 4.78 is 43.3. The zero-order valence-corrected chi connectivity index (χ0v) is 25.4. The molecule has 0 amide bonds. The van der Waals surface area contributed by atoms with Gasteiger partial charge in [0, 0.05) is 34.0 Å². The number of benzene rings is 3. The minimum Gasteiger partial charge on any atom is -0.487 e. The molecule has 0 radical (unpaired) electrons. The Morgan fingerprint density at radius 2 is 1.93 bits per heavy atom. The number of nitrogens with zero attached hydrogens (tertiary/aromatic N) is 3. The van der Waals surface area contributed by atoms with E-state index >= 15 is 0 Å². The number of ether oxygens (including phenoxy) is 1. The second-order valence-electron chi connectivity index (χ2n) is 9.81. The van der Waals surface area contributed by atoms with Crippen molar-refractivity contribution < 1.29 is 17.5 Å². The normalized spacial score (nSPS) is 12.4. The van der Waals surface area contributed by atoms with E-state index in [9.17, 15) is 12.8 Å². The van der Waals surface area contributed by atoms with Crippen molar-refractivity contribution in [1.29, 1.82) is 0 Å². The van der Waals surface area contributed by atoms with Gasteiger partial charge in [0.05, 0.1) is 22.3 Å². The summed E-state index contributed by atoms with van der Waals surface area (Å²) in [6.45, 7) is 2.93. The number of sulfone groups is 1. The van der Waals surface area contributed by atoms with Gasteiger partial charge in [-0.2, -0.15) is 0 Å². The van der Waals surface area contributed by atoms with E-state index in [1.165, 1.54) is 36.1 Å². The summed E-state index contributed by atoms with van der Waals surface area (Å²) >= 11 is 7.95. The lowest BCUT2D eigenvalue weighted by Crippen LogP contribution is -2.27. The van der Waals surface area contributed by atoms with Crippen molar-refractivity contribution in [3.63, 3.8) is 0 Å². The van der Waals surface area contributed by atoms with Crippen molar-refractivity contribution in [2.24, 2.45) is 0 Å². The molecule has 0 aliphatic heterocycles. The van der Waals surface area contributed by atoms with E-state index in [2.05, 4.69) is 25.6 Å². The maximum Gasteiger partial charge on any atom is 0.149 e. The third kappa shape index (κ3) is 7.60. The molecule has 0 fully saturated rings. The third-order valence-corrected chi connectivity index (χ3v) is 8.73. The van der Waals surface area contributed by atoms with E-state index in [0.29, 0.717) is 34.4 Å². The number of nitrogens with one attached hydrogen (secondary N) is 2. The Morgan fingerprint density at radius 3 is 2.69 bits per heavy atom. The molecule has 3 aromatic carbocycles. The predicted octanol–water partition coefficient (Wildman–Crippen LogP) is 6.95. The third-order valence-electron chi connectivity index (χ3n) is 6.34. The summed E-state index contributed by atoms with van der Waals surface area (Å²) in [6.07, 6.45) is 5.36. The number of hydrogen-bond acceptors (Lipinski definition) is 9. The van der Waals surface area contributed by atoms with Crippen LogP contribution in [0.25, 0.3) is 21.5 Å². The quantitative estimate of drug-likeness (QED) is 0.153. The lowest BCUT2D eigenvalue weighted by molar-refractivity contribution is 0.306. The highest BCUT2D eigenvalue weighted by molar-refractivity contribution is 7.90. The molecule has 5 rings (SSSR count). The maximum atomic E-state index is 13.5. The lowest BCUT2D eigenvalue weighted by atomic mass is 10.1. The molecule has 0 spiro atoms. The molecular weight excluding hydrogens is 597 g/mol. The fourth-order valence-electron chi connectivity index (χ4n) is 4.35. The molecule has 2 aromatic heterocycles. The summed E-state index contributed by atoms with van der Waals surface area (Å²) in [5.74, 6) is 0.745. The Labute approximate surface area is 252 Å². The number of halogens is 2. The minimum atomic E-state index is -3.18. The van der Waals surface area contributed by atoms with Crippen LogP contribution in [0.2, 0.25) is 5.02 Å². The molecular formula is C30H29ClFN5O3S2. The second kappa shape index (κ2) is 13.1. The highest BCUT2D eigenvalue weighted by atomic mass is 35.5. The Hall–Kier alpha value is -3.64. The summed E-state index contributed by atoms with van der Waals surface area (Å²) in [4.78, 5) is 14.3. The molecule has 0 unspecified atom stereocenters. The average Bonchev–Trinajstić information content (AvgIpc) is 3.45. The molecule has 42 heavy (non-hydrogen) atoms. The van der Waals surface area contributed by atoms with Crippen molar-refractivity contribution in [1.82, 2.24) is 20.3 Å². The van der Waals surface area contributed by atoms with Crippen molar-refractivity contribution in [3.05, 3.63) is 94.5 Å². The topological polar surface area (TPSA) is 106 Å². The van der Waals surface area contributed by atoms with Gasteiger partial charge in [-0.25, -0.2) is 27.8 Å². The van der Waals surface area contributed by atoms with Gasteiger partial charge in [-0.05, 0) is 67.1 Å². The fraction of sp³-hybridized carbons (Fsp3) is 0.233. The summed E-state index contributed by atoms with van der Waals surface area (Å²) in [6, 6.07) is 17.0. The molecule has 0 saturated carbocycles. The van der Waals surface area contributed by atoms with Gasteiger partial charge in [0.1, 0.15) is 45.2 Å². The Balaban J connectivity index is 1.36. The number of anilines is 2. The van der Waals surface area contributed by atoms with Crippen molar-refractivity contribution in [2.45, 2.75) is 26.0 Å². The molecule has 2 heterocycles. The first-order chi connectivity index (χ1) is 20.2. The van der Waals surface area contributed by atoms with Crippen LogP contribution >= 0.6 is 22.9 Å². The smallest absolute Gasteiger partial charge is 0.149 e. The first kappa shape index (κ1) is 29.8. The van der Waals surface area contributed by atoms with Crippen LogP contribution in [0.4, 0.5) is 15.9 Å². The first-order valence-electron chi connectivity index (χ1n) is 13.2. The Kier molecular flexibility index (Phi) is 9.32. The van der Waals surface area contributed by atoms with Crippen LogP contribution in [-0.2, 0) is 16.4 Å². The molecule has 0 aliphatic rings. The highest BCUT2D eigenvalue weighted by Gasteiger charge is 2.20. The van der Waals surface area contributed by atoms with Gasteiger partial charge >= 0.3 is 0 Å². The largest absolute Gasteiger partial charge is 0.487 e. The predicted molar refractivity (Wildman–Crippen MR) is 167 cm³/mol. The highest BCUT2D eigenvalue weighted by Crippen LogP contribution is 2.34. The van der Waals surface area contributed by atoms with Crippen LogP contribution in [-0.4, -0.2) is 41.9 Å². The van der Waals surface area contributed by atoms with E-state index in [-0.39, 0.29) is 24.2 Å². The zero-order valence-electron chi connectivity index (χ0n) is 23.0. The van der Waals surface area contributed by atoms with Crippen molar-refractivity contribution in [2.75, 3.05) is 23.9 Å². The van der Waals surface area contributed by atoms with Gasteiger partial charge in [0.25, 0.3) is 0 Å². The van der Waals surface area contributed by atoms with Crippen LogP contribution in [0, 0.1) is 5.82 Å². The monoisotopic (exact) mass is 625 g/mol. The number of fused-ring (bicyclic) bond motifs is 1. The van der Waals surface area contributed by atoms with Gasteiger partial charge in [-0.1, -0.05) is 30.7 Å². The minimum absolute atomic E-state index is 0.00541. The SMILES string of the molecule is CCCN[C@@H](CS(C)(=O)=O)c1cnc(-c2ccc3ncnc(Nc4ccc(OCc5cccc(F)c5)c(Cl)c4)c3c2)s1. The molecule has 1 atom stereocenters. The molecule has 0 aliphatic carbocycles. The van der Waals surface area contributed by atoms with Crippen LogP contribution in [0.3, 0.4) is 0 Å².